The van der Waals surface area contributed by atoms with Gasteiger partial charge in [0.2, 0.25) is 11.8 Å². The molecular weight excluding hydrogens is 272 g/mol. The van der Waals surface area contributed by atoms with Crippen molar-refractivity contribution in [3.05, 3.63) is 0 Å². The van der Waals surface area contributed by atoms with E-state index in [0.29, 0.717) is 13.0 Å². The van der Waals surface area contributed by atoms with Crippen LogP contribution in [0.3, 0.4) is 0 Å². The van der Waals surface area contributed by atoms with E-state index >= 15 is 0 Å². The number of carbonyl (C=O) groups is 3. The molecule has 1 N–H and O–H groups in total. The largest absolute Gasteiger partial charge is 0.465 e. The second kappa shape index (κ2) is 7.02. The molecule has 1 aliphatic rings. The summed E-state index contributed by atoms with van der Waals surface area (Å²) in [7, 11) is 0. The summed E-state index contributed by atoms with van der Waals surface area (Å²) in [6, 6.07) is -0.393. The fourth-order valence-electron chi connectivity index (χ4n) is 2.43. The van der Waals surface area contributed by atoms with Gasteiger partial charge < -0.3 is 10.1 Å². The molecule has 1 heterocycles. The van der Waals surface area contributed by atoms with Crippen LogP contribution in [0.4, 0.5) is 0 Å². The summed E-state index contributed by atoms with van der Waals surface area (Å²) in [6.45, 7) is 9.70. The van der Waals surface area contributed by atoms with Crippen LogP contribution in [0, 0.1) is 5.41 Å². The van der Waals surface area contributed by atoms with Crippen LogP contribution in [-0.4, -0.2) is 47.9 Å². The fourth-order valence-corrected chi connectivity index (χ4v) is 2.43. The highest BCUT2D eigenvalue weighted by Gasteiger charge is 2.44. The maximum atomic E-state index is 12.1. The number of amides is 2. The van der Waals surface area contributed by atoms with Crippen molar-refractivity contribution in [3.8, 4) is 0 Å². The van der Waals surface area contributed by atoms with Crippen molar-refractivity contribution in [1.29, 1.82) is 0 Å². The van der Waals surface area contributed by atoms with Crippen molar-refractivity contribution in [3.63, 3.8) is 0 Å². The Morgan fingerprint density at radius 2 is 2.00 bits per heavy atom. The number of esters is 1. The molecule has 0 aromatic rings. The van der Waals surface area contributed by atoms with E-state index in [1.807, 2.05) is 13.8 Å². The molecule has 0 aromatic heterocycles. The van der Waals surface area contributed by atoms with Gasteiger partial charge in [-0.1, -0.05) is 27.7 Å². The van der Waals surface area contributed by atoms with E-state index in [-0.39, 0.29) is 36.8 Å². The predicted octanol–water partition coefficient (Wildman–Crippen LogP) is 1.09. The average Bonchev–Trinajstić information content (AvgIpc) is 2.54. The fraction of sp³-hybridized carbons (Fsp3) is 0.800. The number of hydrogen-bond acceptors (Lipinski definition) is 5. The topological polar surface area (TPSA) is 75.7 Å². The molecule has 1 fully saturated rings. The first kappa shape index (κ1) is 17.6. The molecule has 0 bridgehead atoms. The molecule has 6 heteroatoms. The van der Waals surface area contributed by atoms with Crippen molar-refractivity contribution in [2.24, 2.45) is 5.41 Å². The Bertz CT molecular complexity index is 418. The maximum Gasteiger partial charge on any atom is 0.323 e. The van der Waals surface area contributed by atoms with Gasteiger partial charge in [0.1, 0.15) is 6.04 Å². The minimum Gasteiger partial charge on any atom is -0.465 e. The average molecular weight is 298 g/mol. The Balaban J connectivity index is 2.66. The van der Waals surface area contributed by atoms with Crippen molar-refractivity contribution >= 4 is 17.8 Å². The first-order chi connectivity index (χ1) is 9.69. The molecule has 1 atom stereocenters. The monoisotopic (exact) mass is 298 g/mol. The quantitative estimate of drug-likeness (QED) is 0.562. The number of ether oxygens (including phenoxy) is 1. The summed E-state index contributed by atoms with van der Waals surface area (Å²) in [5.41, 5.74) is -0.637. The number of rotatable bonds is 7. The summed E-state index contributed by atoms with van der Waals surface area (Å²) >= 11 is 0. The zero-order chi connectivity index (χ0) is 16.2. The van der Waals surface area contributed by atoms with Crippen molar-refractivity contribution in [2.75, 3.05) is 13.2 Å². The smallest absolute Gasteiger partial charge is 0.323 e. The van der Waals surface area contributed by atoms with Crippen LogP contribution in [0.25, 0.3) is 0 Å². The van der Waals surface area contributed by atoms with Crippen LogP contribution in [0.5, 0.6) is 0 Å². The highest BCUT2D eigenvalue weighted by molar-refractivity contribution is 6.05. The van der Waals surface area contributed by atoms with Crippen LogP contribution < -0.4 is 5.32 Å². The minimum atomic E-state index is -0.637. The van der Waals surface area contributed by atoms with Crippen LogP contribution >= 0.6 is 0 Å². The maximum absolute atomic E-state index is 12.1. The molecule has 0 aromatic carbocycles. The molecule has 0 saturated carbocycles. The minimum absolute atomic E-state index is 0.112. The number of nitrogens with zero attached hydrogens (tertiary/aromatic N) is 1. The normalized spacial score (nSPS) is 19.2. The van der Waals surface area contributed by atoms with E-state index in [4.69, 9.17) is 4.74 Å². The molecule has 6 nitrogen and oxygen atoms in total. The second-order valence-electron chi connectivity index (χ2n) is 6.33. The van der Waals surface area contributed by atoms with Crippen molar-refractivity contribution < 1.29 is 19.1 Å². The Kier molecular flexibility index (Phi) is 5.89. The summed E-state index contributed by atoms with van der Waals surface area (Å²) in [5, 5.41) is 3.11. The van der Waals surface area contributed by atoms with E-state index < -0.39 is 11.5 Å². The summed E-state index contributed by atoms with van der Waals surface area (Å²) in [4.78, 5) is 37.2. The summed E-state index contributed by atoms with van der Waals surface area (Å²) < 4.78 is 5.02. The van der Waals surface area contributed by atoms with Gasteiger partial charge in [0.05, 0.1) is 12.0 Å². The first-order valence-electron chi connectivity index (χ1n) is 7.46. The molecule has 1 aliphatic heterocycles. The standard InChI is InChI=1S/C15H26N2O4/c1-6-21-13(19)11(16-10(2)3)7-8-17-12(18)9-15(4,5)14(17)20/h10-11,16H,6-9H2,1-5H3. The van der Waals surface area contributed by atoms with E-state index in [9.17, 15) is 14.4 Å². The lowest BCUT2D eigenvalue weighted by molar-refractivity contribution is -0.148. The third kappa shape index (κ3) is 4.52. The second-order valence-corrected chi connectivity index (χ2v) is 6.33. The van der Waals surface area contributed by atoms with E-state index in [0.717, 1.165) is 0 Å². The number of imide groups is 1. The van der Waals surface area contributed by atoms with Gasteiger partial charge in [-0.2, -0.15) is 0 Å². The molecule has 1 saturated heterocycles. The van der Waals surface area contributed by atoms with Gasteiger partial charge >= 0.3 is 5.97 Å². The zero-order valence-electron chi connectivity index (χ0n) is 13.6. The molecule has 0 aliphatic carbocycles. The molecule has 1 rings (SSSR count). The summed E-state index contributed by atoms with van der Waals surface area (Å²) in [6.07, 6.45) is 0.595. The zero-order valence-corrected chi connectivity index (χ0v) is 13.6. The molecule has 1 unspecified atom stereocenters. The number of likely N-dealkylation sites (tertiary alicyclic amines) is 1. The van der Waals surface area contributed by atoms with Gasteiger partial charge in [0, 0.05) is 19.0 Å². The van der Waals surface area contributed by atoms with Crippen LogP contribution in [0.15, 0.2) is 0 Å². The Morgan fingerprint density at radius 3 is 2.43 bits per heavy atom. The Labute approximate surface area is 126 Å². The number of hydrogen-bond donors (Lipinski definition) is 1. The molecular formula is C15H26N2O4. The third-order valence-electron chi connectivity index (χ3n) is 3.47. The SMILES string of the molecule is CCOC(=O)C(CCN1C(=O)CC(C)(C)C1=O)NC(C)C. The van der Waals surface area contributed by atoms with Gasteiger partial charge in [-0.05, 0) is 13.3 Å². The molecule has 21 heavy (non-hydrogen) atoms. The third-order valence-corrected chi connectivity index (χ3v) is 3.47. The molecule has 2 amide bonds. The number of nitrogens with one attached hydrogen (secondary N) is 1. The first-order valence-corrected chi connectivity index (χ1v) is 7.46. The van der Waals surface area contributed by atoms with E-state index in [1.165, 1.54) is 4.90 Å². The molecule has 0 spiro atoms. The van der Waals surface area contributed by atoms with Gasteiger partial charge in [-0.3, -0.25) is 19.3 Å². The van der Waals surface area contributed by atoms with Gasteiger partial charge in [0.25, 0.3) is 0 Å². The lowest BCUT2D eigenvalue weighted by Crippen LogP contribution is -2.45. The van der Waals surface area contributed by atoms with E-state index in [2.05, 4.69) is 5.32 Å². The summed E-state index contributed by atoms with van der Waals surface area (Å²) in [5.74, 6) is -0.679. The van der Waals surface area contributed by atoms with Gasteiger partial charge in [-0.25, -0.2) is 0 Å². The van der Waals surface area contributed by atoms with E-state index in [1.54, 1.807) is 20.8 Å². The van der Waals surface area contributed by atoms with Crippen molar-refractivity contribution in [2.45, 2.75) is 59.5 Å². The Morgan fingerprint density at radius 1 is 1.38 bits per heavy atom. The Hall–Kier alpha value is -1.43. The lowest BCUT2D eigenvalue weighted by Gasteiger charge is -2.23. The van der Waals surface area contributed by atoms with Crippen LogP contribution in [-0.2, 0) is 19.1 Å². The highest BCUT2D eigenvalue weighted by Crippen LogP contribution is 2.31. The van der Waals surface area contributed by atoms with Crippen LogP contribution in [0.1, 0.15) is 47.5 Å². The van der Waals surface area contributed by atoms with Gasteiger partial charge in [0.15, 0.2) is 0 Å². The predicted molar refractivity (Wildman–Crippen MR) is 78.4 cm³/mol. The van der Waals surface area contributed by atoms with Crippen LogP contribution in [0.2, 0.25) is 0 Å². The lowest BCUT2D eigenvalue weighted by atomic mass is 9.92. The number of carbonyl (C=O) groups excluding carboxylic acids is 3. The molecule has 0 radical (unpaired) electrons. The van der Waals surface area contributed by atoms with Crippen molar-refractivity contribution in [1.82, 2.24) is 10.2 Å². The molecule has 120 valence electrons. The van der Waals surface area contributed by atoms with Gasteiger partial charge in [-0.15, -0.1) is 0 Å². The highest BCUT2D eigenvalue weighted by atomic mass is 16.5.